The van der Waals surface area contributed by atoms with E-state index in [0.29, 0.717) is 6.54 Å². The SMILES string of the molecule is Cl.NCc1cc(Br)c2ccccc2c1. The van der Waals surface area contributed by atoms with E-state index in [1.54, 1.807) is 0 Å². The average molecular weight is 273 g/mol. The van der Waals surface area contributed by atoms with Gasteiger partial charge in [-0.15, -0.1) is 12.4 Å². The molecule has 0 saturated carbocycles. The molecule has 0 aliphatic rings. The van der Waals surface area contributed by atoms with Crippen molar-refractivity contribution in [3.8, 4) is 0 Å². The summed E-state index contributed by atoms with van der Waals surface area (Å²) in [5, 5.41) is 2.47. The minimum Gasteiger partial charge on any atom is -0.326 e. The lowest BCUT2D eigenvalue weighted by Crippen LogP contribution is -1.95. The van der Waals surface area contributed by atoms with Crippen LogP contribution in [0, 0.1) is 0 Å². The molecule has 2 aromatic carbocycles. The first-order valence-electron chi connectivity index (χ1n) is 4.18. The maximum absolute atomic E-state index is 5.59. The Bertz CT molecular complexity index is 442. The fourth-order valence-corrected chi connectivity index (χ4v) is 2.10. The molecule has 0 aromatic heterocycles. The van der Waals surface area contributed by atoms with Gasteiger partial charge in [-0.05, 0) is 28.5 Å². The van der Waals surface area contributed by atoms with Crippen molar-refractivity contribution in [3.05, 3.63) is 46.4 Å². The molecule has 0 heterocycles. The maximum Gasteiger partial charge on any atom is 0.0256 e. The van der Waals surface area contributed by atoms with Crippen LogP contribution in [0.3, 0.4) is 0 Å². The first kappa shape index (κ1) is 11.5. The van der Waals surface area contributed by atoms with Crippen LogP contribution in [0.5, 0.6) is 0 Å². The van der Waals surface area contributed by atoms with Gasteiger partial charge in [-0.2, -0.15) is 0 Å². The Labute approximate surface area is 97.8 Å². The van der Waals surface area contributed by atoms with Crippen LogP contribution in [-0.2, 0) is 6.54 Å². The molecule has 0 saturated heterocycles. The van der Waals surface area contributed by atoms with Crippen molar-refractivity contribution in [2.75, 3.05) is 0 Å². The fraction of sp³-hybridized carbons (Fsp3) is 0.0909. The average Bonchev–Trinajstić information content (AvgIpc) is 2.18. The summed E-state index contributed by atoms with van der Waals surface area (Å²) in [4.78, 5) is 0. The molecule has 0 amide bonds. The molecule has 0 aliphatic heterocycles. The molecule has 0 aliphatic carbocycles. The number of halogens is 2. The Kier molecular flexibility index (Phi) is 3.93. The second-order valence-electron chi connectivity index (χ2n) is 3.00. The van der Waals surface area contributed by atoms with Crippen LogP contribution in [-0.4, -0.2) is 0 Å². The summed E-state index contributed by atoms with van der Waals surface area (Å²) in [7, 11) is 0. The van der Waals surface area contributed by atoms with Crippen LogP contribution in [0.2, 0.25) is 0 Å². The highest BCUT2D eigenvalue weighted by atomic mass is 79.9. The van der Waals surface area contributed by atoms with E-state index < -0.39 is 0 Å². The Morgan fingerprint density at radius 1 is 1.14 bits per heavy atom. The molecule has 2 N–H and O–H groups in total. The van der Waals surface area contributed by atoms with Gasteiger partial charge < -0.3 is 5.73 Å². The largest absolute Gasteiger partial charge is 0.326 e. The summed E-state index contributed by atoms with van der Waals surface area (Å²) >= 11 is 3.53. The van der Waals surface area contributed by atoms with E-state index in [9.17, 15) is 0 Å². The Morgan fingerprint density at radius 2 is 1.86 bits per heavy atom. The fourth-order valence-electron chi connectivity index (χ4n) is 1.44. The monoisotopic (exact) mass is 271 g/mol. The molecule has 1 nitrogen and oxygen atoms in total. The third-order valence-electron chi connectivity index (χ3n) is 2.11. The molecule has 0 radical (unpaired) electrons. The van der Waals surface area contributed by atoms with Crippen LogP contribution < -0.4 is 5.73 Å². The lowest BCUT2D eigenvalue weighted by molar-refractivity contribution is 1.07. The van der Waals surface area contributed by atoms with Gasteiger partial charge in [0.15, 0.2) is 0 Å². The minimum atomic E-state index is 0. The van der Waals surface area contributed by atoms with E-state index in [-0.39, 0.29) is 12.4 Å². The topological polar surface area (TPSA) is 26.0 Å². The van der Waals surface area contributed by atoms with Crippen LogP contribution in [0.15, 0.2) is 40.9 Å². The van der Waals surface area contributed by atoms with E-state index in [4.69, 9.17) is 5.73 Å². The zero-order valence-electron chi connectivity index (χ0n) is 7.53. The van der Waals surface area contributed by atoms with Crippen molar-refractivity contribution >= 4 is 39.1 Å². The molecule has 2 aromatic rings. The van der Waals surface area contributed by atoms with Gasteiger partial charge in [0.05, 0.1) is 0 Å². The quantitative estimate of drug-likeness (QED) is 0.845. The number of fused-ring (bicyclic) bond motifs is 1. The summed E-state index contributed by atoms with van der Waals surface area (Å²) in [5.41, 5.74) is 6.75. The van der Waals surface area contributed by atoms with Crippen molar-refractivity contribution in [2.45, 2.75) is 6.54 Å². The second-order valence-corrected chi connectivity index (χ2v) is 3.86. The van der Waals surface area contributed by atoms with E-state index in [1.165, 1.54) is 10.8 Å². The zero-order valence-corrected chi connectivity index (χ0v) is 9.94. The number of rotatable bonds is 1. The normalized spacial score (nSPS) is 9.86. The Balaban J connectivity index is 0.000000980. The molecule has 0 atom stereocenters. The molecule has 0 spiro atoms. The lowest BCUT2D eigenvalue weighted by Gasteiger charge is -2.03. The summed E-state index contributed by atoms with van der Waals surface area (Å²) in [6.45, 7) is 0.587. The van der Waals surface area contributed by atoms with Crippen LogP contribution >= 0.6 is 28.3 Å². The Hall–Kier alpha value is -0.570. The van der Waals surface area contributed by atoms with Crippen LogP contribution in [0.1, 0.15) is 5.56 Å². The summed E-state index contributed by atoms with van der Waals surface area (Å²) in [6, 6.07) is 12.5. The number of nitrogens with two attached hydrogens (primary N) is 1. The molecule has 3 heteroatoms. The highest BCUT2D eigenvalue weighted by molar-refractivity contribution is 9.10. The molecular formula is C11H11BrClN. The summed E-state index contributed by atoms with van der Waals surface area (Å²) < 4.78 is 1.12. The molecule has 0 fully saturated rings. The van der Waals surface area contributed by atoms with Gasteiger partial charge in [-0.25, -0.2) is 0 Å². The summed E-state index contributed by atoms with van der Waals surface area (Å²) in [5.74, 6) is 0. The molecule has 14 heavy (non-hydrogen) atoms. The third kappa shape index (κ3) is 2.08. The van der Waals surface area contributed by atoms with Gasteiger partial charge in [0, 0.05) is 11.0 Å². The molecule has 2 rings (SSSR count). The molecule has 0 unspecified atom stereocenters. The van der Waals surface area contributed by atoms with Crippen molar-refractivity contribution < 1.29 is 0 Å². The smallest absolute Gasteiger partial charge is 0.0256 e. The van der Waals surface area contributed by atoms with Gasteiger partial charge in [0.25, 0.3) is 0 Å². The van der Waals surface area contributed by atoms with E-state index >= 15 is 0 Å². The van der Waals surface area contributed by atoms with Crippen molar-refractivity contribution in [1.29, 1.82) is 0 Å². The molecule has 74 valence electrons. The van der Waals surface area contributed by atoms with Gasteiger partial charge in [-0.3, -0.25) is 0 Å². The second kappa shape index (κ2) is 4.78. The van der Waals surface area contributed by atoms with Crippen LogP contribution in [0.25, 0.3) is 10.8 Å². The predicted molar refractivity (Wildman–Crippen MR) is 66.8 cm³/mol. The standard InChI is InChI=1S/C11H10BrN.ClH/c12-11-6-8(7-13)5-9-3-1-2-4-10(9)11;/h1-6H,7,13H2;1H. The maximum atomic E-state index is 5.59. The van der Waals surface area contributed by atoms with E-state index in [1.807, 2.05) is 12.1 Å². The van der Waals surface area contributed by atoms with Crippen molar-refractivity contribution in [1.82, 2.24) is 0 Å². The van der Waals surface area contributed by atoms with Gasteiger partial charge in [0.2, 0.25) is 0 Å². The third-order valence-corrected chi connectivity index (χ3v) is 2.76. The number of hydrogen-bond acceptors (Lipinski definition) is 1. The van der Waals surface area contributed by atoms with Gasteiger partial charge in [-0.1, -0.05) is 40.2 Å². The lowest BCUT2D eigenvalue weighted by atomic mass is 10.1. The van der Waals surface area contributed by atoms with Gasteiger partial charge >= 0.3 is 0 Å². The van der Waals surface area contributed by atoms with Crippen molar-refractivity contribution in [2.24, 2.45) is 5.73 Å². The summed E-state index contributed by atoms with van der Waals surface area (Å²) in [6.07, 6.45) is 0. The molecule has 0 bridgehead atoms. The number of benzene rings is 2. The van der Waals surface area contributed by atoms with E-state index in [2.05, 4.69) is 40.2 Å². The number of hydrogen-bond donors (Lipinski definition) is 1. The first-order chi connectivity index (χ1) is 6.31. The first-order valence-corrected chi connectivity index (χ1v) is 4.98. The Morgan fingerprint density at radius 3 is 2.57 bits per heavy atom. The highest BCUT2D eigenvalue weighted by Crippen LogP contribution is 2.25. The minimum absolute atomic E-state index is 0. The zero-order chi connectivity index (χ0) is 9.26. The predicted octanol–water partition coefficient (Wildman–Crippen LogP) is 3.48. The van der Waals surface area contributed by atoms with Crippen molar-refractivity contribution in [3.63, 3.8) is 0 Å². The van der Waals surface area contributed by atoms with Gasteiger partial charge in [0.1, 0.15) is 0 Å². The van der Waals surface area contributed by atoms with Crippen LogP contribution in [0.4, 0.5) is 0 Å². The van der Waals surface area contributed by atoms with E-state index in [0.717, 1.165) is 10.0 Å². The molecular weight excluding hydrogens is 261 g/mol. The highest BCUT2D eigenvalue weighted by Gasteiger charge is 1.99.